The highest BCUT2D eigenvalue weighted by atomic mass is 28.4. The van der Waals surface area contributed by atoms with E-state index in [1.165, 1.54) is 6.21 Å². The molecule has 2 rings (SSSR count). The smallest absolute Gasteiger partial charge is 0.191 e. The zero-order valence-electron chi connectivity index (χ0n) is 21.9. The van der Waals surface area contributed by atoms with Gasteiger partial charge in [0.1, 0.15) is 0 Å². The maximum atomic E-state index is 11.5. The third-order valence-corrected chi connectivity index (χ3v) is 11.9. The third kappa shape index (κ3) is 7.12. The van der Waals surface area contributed by atoms with Gasteiger partial charge >= 0.3 is 0 Å². The predicted octanol–water partition coefficient (Wildman–Crippen LogP) is 6.00. The van der Waals surface area contributed by atoms with Crippen molar-refractivity contribution in [2.75, 3.05) is 6.61 Å². The molecule has 7 atom stereocenters. The van der Waals surface area contributed by atoms with E-state index in [2.05, 4.69) is 52.9 Å². The monoisotopic (exact) mass is 479 g/mol. The minimum atomic E-state index is -1.89. The SMILES string of the molecule is C[C@H]1[C@@H]([C@@H](C)CO[Si](C)(C)C(C)(C)C)O[C@@H](c2ccccc2)O[C@H]1[C@](C)(O)C[C@@H](C)/C=N/O. The van der Waals surface area contributed by atoms with Crippen LogP contribution in [0, 0.1) is 17.8 Å². The summed E-state index contributed by atoms with van der Waals surface area (Å²) in [6, 6.07) is 9.87. The fourth-order valence-corrected chi connectivity index (χ4v) is 5.56. The lowest BCUT2D eigenvalue weighted by atomic mass is 9.77. The Kier molecular flexibility index (Phi) is 9.32. The van der Waals surface area contributed by atoms with Gasteiger partial charge in [0, 0.05) is 30.2 Å². The molecule has 2 N–H and O–H groups in total. The molecule has 1 aromatic rings. The maximum Gasteiger partial charge on any atom is 0.191 e. The van der Waals surface area contributed by atoms with E-state index in [9.17, 15) is 5.11 Å². The molecule has 33 heavy (non-hydrogen) atoms. The first kappa shape index (κ1) is 28.0. The van der Waals surface area contributed by atoms with E-state index in [1.807, 2.05) is 37.3 Å². The fraction of sp³-hybridized carbons (Fsp3) is 0.731. The number of ether oxygens (including phenoxy) is 2. The molecular formula is C26H45NO5Si. The van der Waals surface area contributed by atoms with E-state index >= 15 is 0 Å². The number of benzene rings is 1. The van der Waals surface area contributed by atoms with Crippen LogP contribution in [0.15, 0.2) is 35.5 Å². The van der Waals surface area contributed by atoms with Crippen LogP contribution in [0.5, 0.6) is 0 Å². The van der Waals surface area contributed by atoms with E-state index in [0.29, 0.717) is 13.0 Å². The van der Waals surface area contributed by atoms with Crippen LogP contribution >= 0.6 is 0 Å². The molecule has 0 radical (unpaired) electrons. The average Bonchev–Trinajstić information content (AvgIpc) is 2.71. The van der Waals surface area contributed by atoms with Gasteiger partial charge in [-0.05, 0) is 37.4 Å². The Morgan fingerprint density at radius 2 is 1.73 bits per heavy atom. The minimum Gasteiger partial charge on any atom is -0.416 e. The van der Waals surface area contributed by atoms with Crippen LogP contribution in [-0.2, 0) is 13.9 Å². The molecule has 0 spiro atoms. The van der Waals surface area contributed by atoms with Crippen molar-refractivity contribution in [1.82, 2.24) is 0 Å². The van der Waals surface area contributed by atoms with Crippen molar-refractivity contribution in [2.45, 2.75) is 97.1 Å². The van der Waals surface area contributed by atoms with Gasteiger partial charge in [-0.2, -0.15) is 0 Å². The molecular weight excluding hydrogens is 434 g/mol. The van der Waals surface area contributed by atoms with Crippen molar-refractivity contribution in [3.63, 3.8) is 0 Å². The van der Waals surface area contributed by atoms with Gasteiger partial charge in [0.15, 0.2) is 14.6 Å². The van der Waals surface area contributed by atoms with Crippen LogP contribution in [0.2, 0.25) is 18.1 Å². The number of hydrogen-bond donors (Lipinski definition) is 2. The van der Waals surface area contributed by atoms with E-state index in [4.69, 9.17) is 19.1 Å². The van der Waals surface area contributed by atoms with Crippen molar-refractivity contribution in [1.29, 1.82) is 0 Å². The summed E-state index contributed by atoms with van der Waals surface area (Å²) in [6.45, 7) is 19.8. The highest BCUT2D eigenvalue weighted by molar-refractivity contribution is 6.74. The second-order valence-corrected chi connectivity index (χ2v) is 16.4. The van der Waals surface area contributed by atoms with E-state index in [0.717, 1.165) is 5.56 Å². The van der Waals surface area contributed by atoms with Crippen LogP contribution in [0.25, 0.3) is 0 Å². The molecule has 1 aromatic carbocycles. The zero-order valence-corrected chi connectivity index (χ0v) is 22.9. The molecule has 1 fully saturated rings. The van der Waals surface area contributed by atoms with Gasteiger partial charge in [-0.1, -0.05) is 71.9 Å². The number of oxime groups is 1. The lowest BCUT2D eigenvalue weighted by Crippen LogP contribution is -2.56. The molecule has 1 heterocycles. The Labute approximate surface area is 201 Å². The summed E-state index contributed by atoms with van der Waals surface area (Å²) in [7, 11) is -1.89. The second kappa shape index (κ2) is 11.0. The lowest BCUT2D eigenvalue weighted by Gasteiger charge is -2.48. The number of hydrogen-bond acceptors (Lipinski definition) is 6. The first-order valence-electron chi connectivity index (χ1n) is 12.1. The molecule has 1 saturated heterocycles. The standard InChI is InChI=1S/C26H45NO5Si/c1-18(16-27-29)15-26(7,28)23-20(3)22(19(2)17-30-33(8,9)25(4,5)6)31-24(32-23)21-13-11-10-12-14-21/h10-14,16,18-20,22-24,28-29H,15,17H2,1-9H3/b27-16+/t18-,19+,20+,22-,23-,24-,26-/m1/s1. The predicted molar refractivity (Wildman–Crippen MR) is 135 cm³/mol. The molecule has 7 heteroatoms. The number of nitrogens with zero attached hydrogens (tertiary/aromatic N) is 1. The Morgan fingerprint density at radius 3 is 2.27 bits per heavy atom. The molecule has 0 saturated carbocycles. The Morgan fingerprint density at radius 1 is 1.12 bits per heavy atom. The number of rotatable bonds is 9. The highest BCUT2D eigenvalue weighted by Crippen LogP contribution is 2.43. The molecule has 1 aliphatic heterocycles. The van der Waals surface area contributed by atoms with Gasteiger partial charge in [-0.25, -0.2) is 0 Å². The van der Waals surface area contributed by atoms with Gasteiger partial charge in [0.05, 0.1) is 17.8 Å². The van der Waals surface area contributed by atoms with E-state index in [-0.39, 0.29) is 28.9 Å². The van der Waals surface area contributed by atoms with Crippen LogP contribution in [0.3, 0.4) is 0 Å². The van der Waals surface area contributed by atoms with Crippen molar-refractivity contribution < 1.29 is 24.2 Å². The molecule has 188 valence electrons. The van der Waals surface area contributed by atoms with E-state index in [1.54, 1.807) is 6.92 Å². The quantitative estimate of drug-likeness (QED) is 0.196. The topological polar surface area (TPSA) is 80.5 Å². The first-order chi connectivity index (χ1) is 15.2. The van der Waals surface area contributed by atoms with E-state index < -0.39 is 26.3 Å². The normalized spacial score (nSPS) is 28.4. The summed E-state index contributed by atoms with van der Waals surface area (Å²) in [4.78, 5) is 0. The molecule has 0 amide bonds. The Bertz CT molecular complexity index is 762. The average molecular weight is 480 g/mol. The number of aliphatic hydroxyl groups is 1. The van der Waals surface area contributed by atoms with Gasteiger partial charge in [0.25, 0.3) is 0 Å². The summed E-state index contributed by atoms with van der Waals surface area (Å²) in [5.41, 5.74) is -0.201. The molecule has 0 bridgehead atoms. The van der Waals surface area contributed by atoms with Crippen molar-refractivity contribution in [3.05, 3.63) is 35.9 Å². The van der Waals surface area contributed by atoms with Gasteiger partial charge in [-0.3, -0.25) is 0 Å². The molecule has 0 unspecified atom stereocenters. The second-order valence-electron chi connectivity index (χ2n) is 11.6. The molecule has 0 aromatic heterocycles. The third-order valence-electron chi connectivity index (χ3n) is 7.36. The van der Waals surface area contributed by atoms with Gasteiger partial charge in [-0.15, -0.1) is 5.16 Å². The summed E-state index contributed by atoms with van der Waals surface area (Å²) in [5.74, 6) is -0.0354. The summed E-state index contributed by atoms with van der Waals surface area (Å²) in [5, 5.41) is 23.7. The summed E-state index contributed by atoms with van der Waals surface area (Å²) < 4.78 is 19.4. The van der Waals surface area contributed by atoms with Crippen molar-refractivity contribution in [2.24, 2.45) is 22.9 Å². The highest BCUT2D eigenvalue weighted by Gasteiger charge is 2.48. The van der Waals surface area contributed by atoms with Crippen LogP contribution in [0.1, 0.15) is 66.7 Å². The summed E-state index contributed by atoms with van der Waals surface area (Å²) >= 11 is 0. The van der Waals surface area contributed by atoms with Crippen molar-refractivity contribution >= 4 is 14.5 Å². The lowest BCUT2D eigenvalue weighted by molar-refractivity contribution is -0.313. The van der Waals surface area contributed by atoms with Gasteiger partial charge in [0.2, 0.25) is 0 Å². The van der Waals surface area contributed by atoms with Crippen LogP contribution in [-0.4, -0.2) is 49.3 Å². The molecule has 6 nitrogen and oxygen atoms in total. The van der Waals surface area contributed by atoms with Gasteiger partial charge < -0.3 is 24.2 Å². The first-order valence-corrected chi connectivity index (χ1v) is 15.0. The van der Waals surface area contributed by atoms with Crippen molar-refractivity contribution in [3.8, 4) is 0 Å². The molecule has 0 aliphatic carbocycles. The minimum absolute atomic E-state index is 0.0590. The molecule has 1 aliphatic rings. The Balaban J connectivity index is 2.29. The Hall–Kier alpha value is -1.25. The van der Waals surface area contributed by atoms with Crippen LogP contribution in [0.4, 0.5) is 0 Å². The zero-order chi connectivity index (χ0) is 25.0. The summed E-state index contributed by atoms with van der Waals surface area (Å²) in [6.07, 6.45) is 0.689. The fourth-order valence-electron chi connectivity index (χ4n) is 4.45. The van der Waals surface area contributed by atoms with Crippen LogP contribution < -0.4 is 0 Å². The largest absolute Gasteiger partial charge is 0.416 e. The maximum absolute atomic E-state index is 11.5.